The molecule has 0 aromatic carbocycles. The standard InChI is InChI=1S/C13H19FN4O/c1-3-15-12-11(14)10(4-6-16-12)13(19)17-9-5-7-18(2)8-9/h4,6,9H,3,5,7-8H2,1-2H3,(H,15,16)(H,17,19). The maximum Gasteiger partial charge on any atom is 0.254 e. The molecule has 2 N–H and O–H groups in total. The van der Waals surface area contributed by atoms with Gasteiger partial charge in [0.2, 0.25) is 0 Å². The largest absolute Gasteiger partial charge is 0.368 e. The molecule has 1 aliphatic rings. The van der Waals surface area contributed by atoms with Crippen LogP contribution in [0.4, 0.5) is 10.2 Å². The zero-order valence-corrected chi connectivity index (χ0v) is 11.2. The fourth-order valence-corrected chi connectivity index (χ4v) is 2.23. The van der Waals surface area contributed by atoms with Crippen LogP contribution < -0.4 is 10.6 Å². The second-order valence-electron chi connectivity index (χ2n) is 4.77. The van der Waals surface area contributed by atoms with Crippen LogP contribution in [-0.2, 0) is 0 Å². The van der Waals surface area contributed by atoms with E-state index in [0.29, 0.717) is 6.54 Å². The molecular formula is C13H19FN4O. The first kappa shape index (κ1) is 13.7. The Labute approximate surface area is 112 Å². The third-order valence-corrected chi connectivity index (χ3v) is 3.20. The Hall–Kier alpha value is -1.69. The minimum absolute atomic E-state index is 0.0421. The van der Waals surface area contributed by atoms with Crippen molar-refractivity contribution in [3.05, 3.63) is 23.6 Å². The number of aromatic nitrogens is 1. The van der Waals surface area contributed by atoms with Crippen LogP contribution in [0.25, 0.3) is 0 Å². The minimum Gasteiger partial charge on any atom is -0.368 e. The van der Waals surface area contributed by atoms with Crippen LogP contribution >= 0.6 is 0 Å². The summed E-state index contributed by atoms with van der Waals surface area (Å²) in [5.74, 6) is -0.841. The number of likely N-dealkylation sites (tertiary alicyclic amines) is 1. The van der Waals surface area contributed by atoms with Gasteiger partial charge in [-0.15, -0.1) is 0 Å². The quantitative estimate of drug-likeness (QED) is 0.856. The lowest BCUT2D eigenvalue weighted by Crippen LogP contribution is -2.37. The van der Waals surface area contributed by atoms with Crippen LogP contribution in [0, 0.1) is 5.82 Å². The van der Waals surface area contributed by atoms with E-state index in [0.717, 1.165) is 19.5 Å². The molecule has 0 radical (unpaired) electrons. The van der Waals surface area contributed by atoms with Gasteiger partial charge in [0, 0.05) is 25.3 Å². The van der Waals surface area contributed by atoms with E-state index in [1.165, 1.54) is 12.3 Å². The van der Waals surface area contributed by atoms with Crippen molar-refractivity contribution < 1.29 is 9.18 Å². The van der Waals surface area contributed by atoms with Crippen molar-refractivity contribution in [3.63, 3.8) is 0 Å². The molecule has 1 saturated heterocycles. The Bertz CT molecular complexity index is 466. The van der Waals surface area contributed by atoms with Gasteiger partial charge in [-0.1, -0.05) is 0 Å². The summed E-state index contributed by atoms with van der Waals surface area (Å²) in [7, 11) is 2.00. The van der Waals surface area contributed by atoms with Crippen molar-refractivity contribution in [3.8, 4) is 0 Å². The first-order valence-electron chi connectivity index (χ1n) is 6.49. The topological polar surface area (TPSA) is 57.3 Å². The number of rotatable bonds is 4. The second kappa shape index (κ2) is 5.97. The third kappa shape index (κ3) is 3.20. The maximum atomic E-state index is 14.1. The Kier molecular flexibility index (Phi) is 4.31. The molecule has 5 nitrogen and oxygen atoms in total. The summed E-state index contributed by atoms with van der Waals surface area (Å²) in [6.45, 7) is 4.16. The van der Waals surface area contributed by atoms with Crippen LogP contribution in [0.1, 0.15) is 23.7 Å². The molecule has 1 atom stereocenters. The number of pyridine rings is 1. The number of anilines is 1. The smallest absolute Gasteiger partial charge is 0.254 e. The average Bonchev–Trinajstić information content (AvgIpc) is 2.77. The SMILES string of the molecule is CCNc1nccc(C(=O)NC2CCN(C)C2)c1F. The Morgan fingerprint density at radius 3 is 3.05 bits per heavy atom. The van der Waals surface area contributed by atoms with Crippen molar-refractivity contribution in [2.45, 2.75) is 19.4 Å². The first-order chi connectivity index (χ1) is 9.11. The highest BCUT2D eigenvalue weighted by Gasteiger charge is 2.23. The normalized spacial score (nSPS) is 19.4. The lowest BCUT2D eigenvalue weighted by Gasteiger charge is -2.14. The predicted molar refractivity (Wildman–Crippen MR) is 71.7 cm³/mol. The molecule has 1 aliphatic heterocycles. The molecule has 2 rings (SSSR count). The fraction of sp³-hybridized carbons (Fsp3) is 0.538. The van der Waals surface area contributed by atoms with Crippen LogP contribution in [0.3, 0.4) is 0 Å². The van der Waals surface area contributed by atoms with Gasteiger partial charge in [0.15, 0.2) is 11.6 Å². The molecule has 1 amide bonds. The van der Waals surface area contributed by atoms with Crippen LogP contribution in [-0.4, -0.2) is 48.5 Å². The highest BCUT2D eigenvalue weighted by Crippen LogP contribution is 2.15. The molecule has 1 fully saturated rings. The third-order valence-electron chi connectivity index (χ3n) is 3.20. The molecule has 0 saturated carbocycles. The van der Waals surface area contributed by atoms with Gasteiger partial charge in [0.05, 0.1) is 5.56 Å². The van der Waals surface area contributed by atoms with Crippen molar-refractivity contribution >= 4 is 11.7 Å². The van der Waals surface area contributed by atoms with Gasteiger partial charge >= 0.3 is 0 Å². The van der Waals surface area contributed by atoms with E-state index < -0.39 is 5.82 Å². The number of hydrogen-bond donors (Lipinski definition) is 2. The number of halogens is 1. The molecule has 1 unspecified atom stereocenters. The van der Waals surface area contributed by atoms with E-state index in [-0.39, 0.29) is 23.3 Å². The van der Waals surface area contributed by atoms with E-state index in [1.807, 2.05) is 14.0 Å². The van der Waals surface area contributed by atoms with E-state index in [2.05, 4.69) is 20.5 Å². The van der Waals surface area contributed by atoms with Gasteiger partial charge < -0.3 is 15.5 Å². The number of carbonyl (C=O) groups excluding carboxylic acids is 1. The molecule has 0 bridgehead atoms. The van der Waals surface area contributed by atoms with Crippen LogP contribution in [0.2, 0.25) is 0 Å². The lowest BCUT2D eigenvalue weighted by atomic mass is 10.2. The molecule has 1 aromatic rings. The number of hydrogen-bond acceptors (Lipinski definition) is 4. The molecule has 1 aromatic heterocycles. The number of nitrogens with zero attached hydrogens (tertiary/aromatic N) is 2. The molecule has 0 aliphatic carbocycles. The van der Waals surface area contributed by atoms with Gasteiger partial charge in [-0.3, -0.25) is 4.79 Å². The number of carbonyl (C=O) groups is 1. The molecule has 6 heteroatoms. The number of likely N-dealkylation sites (N-methyl/N-ethyl adjacent to an activating group) is 1. The van der Waals surface area contributed by atoms with Gasteiger partial charge in [0.1, 0.15) is 0 Å². The minimum atomic E-state index is -0.590. The Morgan fingerprint density at radius 2 is 2.42 bits per heavy atom. The highest BCUT2D eigenvalue weighted by atomic mass is 19.1. The molecule has 104 valence electrons. The summed E-state index contributed by atoms with van der Waals surface area (Å²) >= 11 is 0. The van der Waals surface area contributed by atoms with Crippen molar-refractivity contribution in [2.75, 3.05) is 32.0 Å². The zero-order chi connectivity index (χ0) is 13.8. The number of amides is 1. The summed E-state index contributed by atoms with van der Waals surface area (Å²) in [4.78, 5) is 18.1. The maximum absolute atomic E-state index is 14.1. The molecule has 19 heavy (non-hydrogen) atoms. The summed E-state index contributed by atoms with van der Waals surface area (Å²) < 4.78 is 14.1. The Balaban J connectivity index is 2.08. The van der Waals surface area contributed by atoms with Gasteiger partial charge in [0.25, 0.3) is 5.91 Å². The molecule has 0 spiro atoms. The summed E-state index contributed by atoms with van der Waals surface area (Å²) in [5, 5.41) is 5.66. The molecular weight excluding hydrogens is 247 g/mol. The monoisotopic (exact) mass is 266 g/mol. The summed E-state index contributed by atoms with van der Waals surface area (Å²) in [5.41, 5.74) is 0.0421. The van der Waals surface area contributed by atoms with Crippen LogP contribution in [0.15, 0.2) is 12.3 Å². The van der Waals surface area contributed by atoms with Crippen molar-refractivity contribution in [1.29, 1.82) is 0 Å². The van der Waals surface area contributed by atoms with Crippen molar-refractivity contribution in [2.24, 2.45) is 0 Å². The van der Waals surface area contributed by atoms with Gasteiger partial charge in [-0.2, -0.15) is 0 Å². The average molecular weight is 266 g/mol. The predicted octanol–water partition coefficient (Wildman–Crippen LogP) is 1.09. The van der Waals surface area contributed by atoms with Gasteiger partial charge in [-0.05, 0) is 33.0 Å². The zero-order valence-electron chi connectivity index (χ0n) is 11.2. The van der Waals surface area contributed by atoms with E-state index >= 15 is 0 Å². The number of nitrogens with one attached hydrogen (secondary N) is 2. The van der Waals surface area contributed by atoms with Crippen molar-refractivity contribution in [1.82, 2.24) is 15.2 Å². The van der Waals surface area contributed by atoms with E-state index in [4.69, 9.17) is 0 Å². The van der Waals surface area contributed by atoms with E-state index in [1.54, 1.807) is 0 Å². The second-order valence-corrected chi connectivity index (χ2v) is 4.77. The highest BCUT2D eigenvalue weighted by molar-refractivity contribution is 5.95. The van der Waals surface area contributed by atoms with Gasteiger partial charge in [-0.25, -0.2) is 9.37 Å². The first-order valence-corrected chi connectivity index (χ1v) is 6.49. The van der Waals surface area contributed by atoms with Crippen LogP contribution in [0.5, 0.6) is 0 Å². The fourth-order valence-electron chi connectivity index (χ4n) is 2.23. The lowest BCUT2D eigenvalue weighted by molar-refractivity contribution is 0.0934. The summed E-state index contributed by atoms with van der Waals surface area (Å²) in [6.07, 6.45) is 2.34. The molecule has 2 heterocycles. The Morgan fingerprint density at radius 1 is 1.63 bits per heavy atom. The summed E-state index contributed by atoms with van der Waals surface area (Å²) in [6, 6.07) is 1.50. The van der Waals surface area contributed by atoms with E-state index in [9.17, 15) is 9.18 Å².